The molecule has 0 aliphatic rings. The Balaban J connectivity index is 5.94. The number of amides is 4. The van der Waals surface area contributed by atoms with E-state index in [1.54, 1.807) is 20.8 Å². The van der Waals surface area contributed by atoms with Gasteiger partial charge >= 0.3 is 17.9 Å². The molecule has 17 heteroatoms. The van der Waals surface area contributed by atoms with Crippen LogP contribution in [0.25, 0.3) is 0 Å². The fraction of sp³-hybridized carbons (Fsp3) is 0.636. The predicted octanol–water partition coefficient (Wildman–Crippen LogP) is -0.0195. The molecule has 0 aromatic rings. The lowest BCUT2D eigenvalue weighted by Crippen LogP contribution is -2.50. The minimum Gasteiger partial charge on any atom is -0.481 e. The SMILES string of the molecule is C#CCCCC(=O)NCC[C@H](NC(=O)[C@H](CC(=O)O)CC(=O)[C@@H](NC(=O)[C@H](CCC(=O)O)CC(=O)[C@H](CC(=O)O)NC=O)C(C)C)C(=O)CC. The second-order valence-electron chi connectivity index (χ2n) is 12.0. The van der Waals surface area contributed by atoms with Gasteiger partial charge < -0.3 is 36.6 Å². The molecule has 17 nitrogen and oxygen atoms in total. The van der Waals surface area contributed by atoms with Crippen LogP contribution in [0.15, 0.2) is 0 Å². The fourth-order valence-electron chi connectivity index (χ4n) is 4.90. The van der Waals surface area contributed by atoms with Crippen molar-refractivity contribution in [2.24, 2.45) is 17.8 Å². The van der Waals surface area contributed by atoms with Crippen molar-refractivity contribution >= 4 is 59.4 Å². The summed E-state index contributed by atoms with van der Waals surface area (Å²) in [5, 5.41) is 37.3. The first-order valence-corrected chi connectivity index (χ1v) is 16.2. The number of ketones is 3. The Morgan fingerprint density at radius 2 is 1.32 bits per heavy atom. The lowest BCUT2D eigenvalue weighted by atomic mass is 9.88. The summed E-state index contributed by atoms with van der Waals surface area (Å²) in [6, 6.07) is -3.92. The van der Waals surface area contributed by atoms with Gasteiger partial charge in [0, 0.05) is 51.0 Å². The van der Waals surface area contributed by atoms with E-state index in [1.807, 2.05) is 0 Å². The van der Waals surface area contributed by atoms with Crippen LogP contribution < -0.4 is 21.3 Å². The lowest BCUT2D eigenvalue weighted by Gasteiger charge is -2.27. The lowest BCUT2D eigenvalue weighted by molar-refractivity contribution is -0.143. The summed E-state index contributed by atoms with van der Waals surface area (Å²) in [6.45, 7) is 4.65. The van der Waals surface area contributed by atoms with Gasteiger partial charge in [-0.05, 0) is 25.2 Å². The van der Waals surface area contributed by atoms with E-state index in [1.165, 1.54) is 0 Å². The van der Waals surface area contributed by atoms with Crippen molar-refractivity contribution in [2.75, 3.05) is 6.54 Å². The van der Waals surface area contributed by atoms with E-state index in [2.05, 4.69) is 27.2 Å². The number of hydrogen-bond donors (Lipinski definition) is 7. The highest BCUT2D eigenvalue weighted by atomic mass is 16.4. The third kappa shape index (κ3) is 18.4. The summed E-state index contributed by atoms with van der Waals surface area (Å²) in [5.41, 5.74) is 0. The van der Waals surface area contributed by atoms with Crippen LogP contribution in [0, 0.1) is 30.1 Å². The van der Waals surface area contributed by atoms with Crippen LogP contribution in [0.1, 0.15) is 91.4 Å². The molecular weight excluding hydrogens is 660 g/mol. The second-order valence-corrected chi connectivity index (χ2v) is 12.0. The number of carboxylic acids is 3. The molecule has 4 amide bonds. The van der Waals surface area contributed by atoms with E-state index in [9.17, 15) is 53.1 Å². The third-order valence-electron chi connectivity index (χ3n) is 7.65. The van der Waals surface area contributed by atoms with E-state index < -0.39 is 115 Å². The molecule has 0 aromatic carbocycles. The number of unbranched alkanes of at least 4 members (excludes halogenated alkanes) is 1. The quantitative estimate of drug-likeness (QED) is 0.0320. The maximum absolute atomic E-state index is 13.5. The third-order valence-corrected chi connectivity index (χ3v) is 7.65. The van der Waals surface area contributed by atoms with Crippen molar-refractivity contribution in [2.45, 2.75) is 110 Å². The average Bonchev–Trinajstić information content (AvgIpc) is 3.03. The number of terminal acetylenes is 1. The molecule has 0 heterocycles. The number of carboxylic acid groups (broad SMARTS) is 3. The molecule has 0 aliphatic heterocycles. The van der Waals surface area contributed by atoms with Gasteiger partial charge in [0.15, 0.2) is 17.3 Å². The minimum atomic E-state index is -1.50. The Morgan fingerprint density at radius 1 is 0.720 bits per heavy atom. The van der Waals surface area contributed by atoms with Crippen LogP contribution in [0.3, 0.4) is 0 Å². The highest BCUT2D eigenvalue weighted by Gasteiger charge is 2.35. The van der Waals surface area contributed by atoms with E-state index in [0.29, 0.717) is 12.8 Å². The molecular formula is C33H48N4O13. The van der Waals surface area contributed by atoms with Crippen LogP contribution in [0.5, 0.6) is 0 Å². The zero-order valence-electron chi connectivity index (χ0n) is 28.5. The Bertz CT molecular complexity index is 1290. The largest absolute Gasteiger partial charge is 0.481 e. The highest BCUT2D eigenvalue weighted by Crippen LogP contribution is 2.19. The van der Waals surface area contributed by atoms with Crippen molar-refractivity contribution in [3.63, 3.8) is 0 Å². The summed E-state index contributed by atoms with van der Waals surface area (Å²) < 4.78 is 0. The molecule has 0 aliphatic carbocycles. The molecule has 0 unspecified atom stereocenters. The standard InChI is InChI=1S/C33H48N4O13/c1-5-7-8-9-27(42)34-13-12-22(24(39)6-2)36-33(50)21(16-29(45)46)15-26(41)31(19(3)4)37-32(49)20(10-11-28(43)44)14-25(40)23(35-18-38)17-30(47)48/h1,18-23,31H,6-17H2,2-4H3,(H,34,42)(H,35,38)(H,36,50)(H,37,49)(H,43,44)(H,45,46)(H,47,48)/t20-,21+,22+,23+,31+/m1/s1. The van der Waals surface area contributed by atoms with Gasteiger partial charge in [0.2, 0.25) is 24.1 Å². The summed E-state index contributed by atoms with van der Waals surface area (Å²) >= 11 is 0. The van der Waals surface area contributed by atoms with Gasteiger partial charge in [-0.25, -0.2) is 0 Å². The topological polar surface area (TPSA) is 280 Å². The number of aliphatic carboxylic acids is 3. The monoisotopic (exact) mass is 708 g/mol. The Labute approximate surface area is 290 Å². The fourth-order valence-corrected chi connectivity index (χ4v) is 4.90. The van der Waals surface area contributed by atoms with Gasteiger partial charge in [-0.1, -0.05) is 20.8 Å². The molecule has 0 bridgehead atoms. The van der Waals surface area contributed by atoms with Crippen molar-refractivity contribution in [1.29, 1.82) is 0 Å². The van der Waals surface area contributed by atoms with E-state index >= 15 is 0 Å². The average molecular weight is 709 g/mol. The first kappa shape index (κ1) is 44.9. The number of rotatable bonds is 28. The van der Waals surface area contributed by atoms with Crippen LogP contribution >= 0.6 is 0 Å². The van der Waals surface area contributed by atoms with Crippen LogP contribution in [-0.4, -0.2) is 99.4 Å². The molecule has 0 radical (unpaired) electrons. The number of nitrogens with one attached hydrogen (secondary N) is 4. The summed E-state index contributed by atoms with van der Waals surface area (Å²) in [6.07, 6.45) is 2.43. The molecule has 7 N–H and O–H groups in total. The summed E-state index contributed by atoms with van der Waals surface area (Å²) in [4.78, 5) is 122. The van der Waals surface area contributed by atoms with Gasteiger partial charge in [0.05, 0.1) is 36.9 Å². The first-order chi connectivity index (χ1) is 23.5. The first-order valence-electron chi connectivity index (χ1n) is 16.2. The van der Waals surface area contributed by atoms with Crippen LogP contribution in [0.2, 0.25) is 0 Å². The molecule has 0 aromatic heterocycles. The van der Waals surface area contributed by atoms with Crippen molar-refractivity contribution in [1.82, 2.24) is 21.3 Å². The number of hydrogen-bond acceptors (Lipinski definition) is 10. The van der Waals surface area contributed by atoms with E-state index in [4.69, 9.17) is 16.6 Å². The smallest absolute Gasteiger partial charge is 0.305 e. The molecule has 5 atom stereocenters. The predicted molar refractivity (Wildman–Crippen MR) is 175 cm³/mol. The van der Waals surface area contributed by atoms with Gasteiger partial charge in [0.25, 0.3) is 0 Å². The Kier molecular flexibility index (Phi) is 21.6. The van der Waals surface area contributed by atoms with Crippen molar-refractivity contribution in [3.8, 4) is 12.3 Å². The molecule has 50 heavy (non-hydrogen) atoms. The number of carbonyl (C=O) groups is 10. The van der Waals surface area contributed by atoms with Gasteiger partial charge in [-0.3, -0.25) is 47.9 Å². The van der Waals surface area contributed by atoms with Gasteiger partial charge in [0.1, 0.15) is 0 Å². The van der Waals surface area contributed by atoms with Gasteiger partial charge in [-0.2, -0.15) is 0 Å². The van der Waals surface area contributed by atoms with Crippen LogP contribution in [0.4, 0.5) is 0 Å². The van der Waals surface area contributed by atoms with Gasteiger partial charge in [-0.15, -0.1) is 12.3 Å². The highest BCUT2D eigenvalue weighted by molar-refractivity contribution is 5.97. The number of carbonyl (C=O) groups excluding carboxylic acids is 7. The van der Waals surface area contributed by atoms with Crippen molar-refractivity contribution < 1.29 is 63.3 Å². The maximum atomic E-state index is 13.5. The molecule has 0 spiro atoms. The molecule has 0 rings (SSSR count). The number of Topliss-reactive ketones (excluding diaryl/α,β-unsaturated/α-hetero) is 3. The minimum absolute atomic E-state index is 0.0101. The summed E-state index contributed by atoms with van der Waals surface area (Å²) in [7, 11) is 0. The van der Waals surface area contributed by atoms with E-state index in [-0.39, 0.29) is 44.5 Å². The van der Waals surface area contributed by atoms with E-state index in [0.717, 1.165) is 0 Å². The Morgan fingerprint density at radius 3 is 1.84 bits per heavy atom. The maximum Gasteiger partial charge on any atom is 0.305 e. The molecule has 0 saturated carbocycles. The Hall–Kier alpha value is -5.14. The zero-order chi connectivity index (χ0) is 38.4. The second kappa shape index (κ2) is 24.1. The molecule has 0 saturated heterocycles. The molecule has 0 fully saturated rings. The summed E-state index contributed by atoms with van der Waals surface area (Å²) in [5.74, 6) is -9.37. The normalized spacial score (nSPS) is 13.7. The zero-order valence-corrected chi connectivity index (χ0v) is 28.5. The molecule has 278 valence electrons. The van der Waals surface area contributed by atoms with Crippen molar-refractivity contribution in [3.05, 3.63) is 0 Å². The van der Waals surface area contributed by atoms with Crippen LogP contribution in [-0.2, 0) is 47.9 Å².